The average molecular weight is 190 g/mol. The van der Waals surface area contributed by atoms with E-state index >= 15 is 0 Å². The van der Waals surface area contributed by atoms with Crippen molar-refractivity contribution in [2.24, 2.45) is 14.1 Å². The van der Waals surface area contributed by atoms with Gasteiger partial charge in [0.25, 0.3) is 0 Å². The van der Waals surface area contributed by atoms with E-state index < -0.39 is 0 Å². The van der Waals surface area contributed by atoms with Gasteiger partial charge in [-0.05, 0) is 0 Å². The van der Waals surface area contributed by atoms with Gasteiger partial charge in [-0.25, -0.2) is 9.97 Å². The lowest BCUT2D eigenvalue weighted by atomic mass is 10.4. The Morgan fingerprint density at radius 1 is 1.36 bits per heavy atom. The summed E-state index contributed by atoms with van der Waals surface area (Å²) >= 11 is 0. The molecule has 2 rings (SSSR count). The molecule has 2 heterocycles. The summed E-state index contributed by atoms with van der Waals surface area (Å²) in [5.41, 5.74) is 1.45. The molecular weight excluding hydrogens is 180 g/mol. The van der Waals surface area contributed by atoms with Crippen LogP contribution in [0.3, 0.4) is 0 Å². The third kappa shape index (κ3) is 1.14. The first-order valence-electron chi connectivity index (χ1n) is 4.17. The van der Waals surface area contributed by atoms with E-state index in [-0.39, 0.29) is 0 Å². The molecule has 14 heavy (non-hydrogen) atoms. The van der Waals surface area contributed by atoms with Crippen LogP contribution in [-0.2, 0) is 14.1 Å². The number of aromatic nitrogens is 4. The van der Waals surface area contributed by atoms with E-state index in [1.165, 1.54) is 0 Å². The number of aryl methyl sites for hydroxylation is 1. The summed E-state index contributed by atoms with van der Waals surface area (Å²) in [5, 5.41) is 0. The number of imidazole rings is 2. The second-order valence-corrected chi connectivity index (χ2v) is 3.07. The highest BCUT2D eigenvalue weighted by atomic mass is 16.1. The number of hydrogen-bond donors (Lipinski definition) is 0. The number of hydrogen-bond acceptors (Lipinski definition) is 3. The largest absolute Gasteiger partial charge is 0.331 e. The molecule has 5 nitrogen and oxygen atoms in total. The van der Waals surface area contributed by atoms with E-state index in [0.29, 0.717) is 5.69 Å². The second kappa shape index (κ2) is 3.10. The van der Waals surface area contributed by atoms with Gasteiger partial charge < -0.3 is 9.13 Å². The van der Waals surface area contributed by atoms with Crippen molar-refractivity contribution >= 4 is 6.29 Å². The summed E-state index contributed by atoms with van der Waals surface area (Å²) in [5.74, 6) is 0.743. The minimum absolute atomic E-state index is 0.557. The third-order valence-electron chi connectivity index (χ3n) is 2.19. The molecule has 0 radical (unpaired) electrons. The van der Waals surface area contributed by atoms with E-state index in [1.807, 2.05) is 11.6 Å². The van der Waals surface area contributed by atoms with Crippen molar-refractivity contribution in [1.82, 2.24) is 19.1 Å². The lowest BCUT2D eigenvalue weighted by molar-refractivity contribution is 0.111. The molecule has 0 saturated heterocycles. The Balaban J connectivity index is 2.58. The van der Waals surface area contributed by atoms with E-state index in [2.05, 4.69) is 9.97 Å². The van der Waals surface area contributed by atoms with Crippen LogP contribution in [0.2, 0.25) is 0 Å². The van der Waals surface area contributed by atoms with E-state index in [1.54, 1.807) is 30.3 Å². The van der Waals surface area contributed by atoms with Gasteiger partial charge >= 0.3 is 0 Å². The highest BCUT2D eigenvalue weighted by molar-refractivity contribution is 5.73. The van der Waals surface area contributed by atoms with Crippen LogP contribution in [0.25, 0.3) is 11.5 Å². The van der Waals surface area contributed by atoms with Crippen LogP contribution in [0.5, 0.6) is 0 Å². The minimum atomic E-state index is 0.557. The fourth-order valence-corrected chi connectivity index (χ4v) is 1.34. The number of carbonyl (C=O) groups is 1. The number of nitrogens with zero attached hydrogens (tertiary/aromatic N) is 4. The Bertz CT molecular complexity index is 469. The highest BCUT2D eigenvalue weighted by Crippen LogP contribution is 2.16. The van der Waals surface area contributed by atoms with Crippen molar-refractivity contribution in [3.63, 3.8) is 0 Å². The summed E-state index contributed by atoms with van der Waals surface area (Å²) in [7, 11) is 3.69. The average Bonchev–Trinajstić information content (AvgIpc) is 2.72. The Morgan fingerprint density at radius 2 is 2.14 bits per heavy atom. The fraction of sp³-hybridized carbons (Fsp3) is 0.222. The first-order chi connectivity index (χ1) is 6.74. The van der Waals surface area contributed by atoms with Gasteiger partial charge in [0.15, 0.2) is 12.1 Å². The van der Waals surface area contributed by atoms with Gasteiger partial charge in [0, 0.05) is 14.1 Å². The zero-order valence-corrected chi connectivity index (χ0v) is 8.01. The third-order valence-corrected chi connectivity index (χ3v) is 2.19. The van der Waals surface area contributed by atoms with Crippen molar-refractivity contribution < 1.29 is 4.79 Å². The van der Waals surface area contributed by atoms with Crippen LogP contribution in [0.15, 0.2) is 18.7 Å². The van der Waals surface area contributed by atoms with Crippen LogP contribution in [0, 0.1) is 0 Å². The molecule has 0 aromatic carbocycles. The van der Waals surface area contributed by atoms with Gasteiger partial charge in [-0.2, -0.15) is 0 Å². The second-order valence-electron chi connectivity index (χ2n) is 3.07. The van der Waals surface area contributed by atoms with Gasteiger partial charge in [-0.3, -0.25) is 4.79 Å². The van der Waals surface area contributed by atoms with Crippen molar-refractivity contribution in [3.8, 4) is 11.5 Å². The molecule has 0 unspecified atom stereocenters. The lowest BCUT2D eigenvalue weighted by Crippen LogP contribution is -2.00. The summed E-state index contributed by atoms with van der Waals surface area (Å²) in [6.07, 6.45) is 5.75. The topological polar surface area (TPSA) is 52.7 Å². The Labute approximate surface area is 81.0 Å². The van der Waals surface area contributed by atoms with Gasteiger partial charge in [0.05, 0.1) is 18.7 Å². The fourth-order valence-electron chi connectivity index (χ4n) is 1.34. The van der Waals surface area contributed by atoms with E-state index in [9.17, 15) is 4.79 Å². The molecule has 2 aromatic rings. The van der Waals surface area contributed by atoms with Crippen molar-refractivity contribution in [1.29, 1.82) is 0 Å². The molecule has 0 aliphatic carbocycles. The maximum atomic E-state index is 10.6. The van der Waals surface area contributed by atoms with Crippen molar-refractivity contribution in [3.05, 3.63) is 24.4 Å². The molecule has 0 bridgehead atoms. The van der Waals surface area contributed by atoms with Crippen LogP contribution in [0.4, 0.5) is 0 Å². The van der Waals surface area contributed by atoms with Gasteiger partial charge in [0.1, 0.15) is 11.4 Å². The van der Waals surface area contributed by atoms with Crippen molar-refractivity contribution in [2.45, 2.75) is 0 Å². The molecule has 0 amide bonds. The van der Waals surface area contributed by atoms with Gasteiger partial charge in [-0.15, -0.1) is 0 Å². The Morgan fingerprint density at radius 3 is 2.64 bits per heavy atom. The molecular formula is C9H10N4O. The molecule has 0 aliphatic heterocycles. The molecule has 72 valence electrons. The zero-order valence-electron chi connectivity index (χ0n) is 8.01. The summed E-state index contributed by atoms with van der Waals surface area (Å²) in [6.45, 7) is 0. The molecule has 2 aromatic heterocycles. The summed E-state index contributed by atoms with van der Waals surface area (Å²) < 4.78 is 3.60. The monoisotopic (exact) mass is 190 g/mol. The minimum Gasteiger partial charge on any atom is -0.331 e. The molecule has 0 aliphatic rings. The number of rotatable bonds is 2. The highest BCUT2D eigenvalue weighted by Gasteiger charge is 2.10. The smallest absolute Gasteiger partial charge is 0.168 e. The summed E-state index contributed by atoms with van der Waals surface area (Å²) in [6, 6.07) is 0. The predicted molar refractivity (Wildman–Crippen MR) is 50.8 cm³/mol. The van der Waals surface area contributed by atoms with Gasteiger partial charge in [0.2, 0.25) is 0 Å². The van der Waals surface area contributed by atoms with Crippen LogP contribution < -0.4 is 0 Å². The first kappa shape index (κ1) is 8.68. The molecule has 0 N–H and O–H groups in total. The van der Waals surface area contributed by atoms with E-state index in [0.717, 1.165) is 17.8 Å². The normalized spacial score (nSPS) is 10.4. The maximum Gasteiger partial charge on any atom is 0.168 e. The quantitative estimate of drug-likeness (QED) is 0.653. The van der Waals surface area contributed by atoms with Crippen LogP contribution in [0.1, 0.15) is 10.5 Å². The number of aldehydes is 1. The predicted octanol–water partition coefficient (Wildman–Crippen LogP) is 0.633. The standard InChI is InChI=1S/C9H10N4O/c1-12-6-10-4-8(12)9-11-3-7(5-14)13(9)2/h3-6H,1-2H3. The first-order valence-corrected chi connectivity index (χ1v) is 4.17. The molecule has 0 fully saturated rings. The van der Waals surface area contributed by atoms with Gasteiger partial charge in [-0.1, -0.05) is 0 Å². The zero-order chi connectivity index (χ0) is 10.1. The Hall–Kier alpha value is -1.91. The summed E-state index contributed by atoms with van der Waals surface area (Å²) in [4.78, 5) is 18.8. The molecule has 0 spiro atoms. The van der Waals surface area contributed by atoms with Crippen LogP contribution >= 0.6 is 0 Å². The molecule has 5 heteroatoms. The number of carbonyl (C=O) groups excluding carboxylic acids is 1. The van der Waals surface area contributed by atoms with E-state index in [4.69, 9.17) is 0 Å². The maximum absolute atomic E-state index is 10.6. The molecule has 0 saturated carbocycles. The lowest BCUT2D eigenvalue weighted by Gasteiger charge is -2.02. The Kier molecular flexibility index (Phi) is 1.92. The molecule has 0 atom stereocenters. The SMILES string of the molecule is Cn1cncc1-c1ncc(C=O)n1C. The van der Waals surface area contributed by atoms with Crippen molar-refractivity contribution in [2.75, 3.05) is 0 Å². The van der Waals surface area contributed by atoms with Crippen LogP contribution in [-0.4, -0.2) is 25.4 Å².